The maximum Gasteiger partial charge on any atom is 0.232 e. The summed E-state index contributed by atoms with van der Waals surface area (Å²) in [4.78, 5) is 12.0. The van der Waals surface area contributed by atoms with Crippen LogP contribution in [0.2, 0.25) is 0 Å². The van der Waals surface area contributed by atoms with Crippen molar-refractivity contribution in [3.8, 4) is 0 Å². The Morgan fingerprint density at radius 3 is 2.38 bits per heavy atom. The van der Waals surface area contributed by atoms with Gasteiger partial charge in [0.2, 0.25) is 15.9 Å². The number of nitrogens with one attached hydrogen (secondary N) is 3. The highest BCUT2D eigenvalue weighted by Crippen LogP contribution is 2.19. The molecular formula is C18H30ClN3O3S. The highest BCUT2D eigenvalue weighted by molar-refractivity contribution is 7.92. The van der Waals surface area contributed by atoms with Crippen LogP contribution in [0, 0.1) is 5.92 Å². The number of unbranched alkanes of at least 4 members (excludes halogenated alkanes) is 1. The van der Waals surface area contributed by atoms with Crippen molar-refractivity contribution in [1.29, 1.82) is 0 Å². The Labute approximate surface area is 163 Å². The molecule has 1 aliphatic heterocycles. The van der Waals surface area contributed by atoms with Crippen LogP contribution in [0.4, 0.5) is 11.4 Å². The van der Waals surface area contributed by atoms with Gasteiger partial charge in [-0.3, -0.25) is 9.52 Å². The van der Waals surface area contributed by atoms with E-state index >= 15 is 0 Å². The first kappa shape index (κ1) is 22.7. The SMILES string of the molecule is CCCCS(=O)(=O)Nc1ccc(NC(=O)CCC2CCNCC2)cc1.Cl. The lowest BCUT2D eigenvalue weighted by atomic mass is 9.93. The summed E-state index contributed by atoms with van der Waals surface area (Å²) in [5, 5.41) is 6.20. The largest absolute Gasteiger partial charge is 0.326 e. The minimum Gasteiger partial charge on any atom is -0.326 e. The number of halogens is 1. The molecule has 26 heavy (non-hydrogen) atoms. The Bertz CT molecular complexity index is 644. The molecule has 1 heterocycles. The van der Waals surface area contributed by atoms with Crippen molar-refractivity contribution in [1.82, 2.24) is 5.32 Å². The van der Waals surface area contributed by atoms with Crippen LogP contribution < -0.4 is 15.4 Å². The maximum absolute atomic E-state index is 12.0. The molecule has 8 heteroatoms. The number of amides is 1. The summed E-state index contributed by atoms with van der Waals surface area (Å²) in [6, 6.07) is 6.79. The summed E-state index contributed by atoms with van der Waals surface area (Å²) in [7, 11) is -3.30. The third kappa shape index (κ3) is 8.38. The molecular weight excluding hydrogens is 374 g/mol. The van der Waals surface area contributed by atoms with E-state index in [9.17, 15) is 13.2 Å². The van der Waals surface area contributed by atoms with Crippen molar-refractivity contribution in [3.63, 3.8) is 0 Å². The molecule has 0 saturated carbocycles. The highest BCUT2D eigenvalue weighted by Gasteiger charge is 2.14. The molecule has 1 aromatic rings. The molecule has 148 valence electrons. The van der Waals surface area contributed by atoms with E-state index in [1.807, 2.05) is 6.92 Å². The number of benzene rings is 1. The standard InChI is InChI=1S/C18H29N3O3S.ClH/c1-2-3-14-25(23,24)21-17-7-5-16(6-8-17)20-18(22)9-4-15-10-12-19-13-11-15;/h5-8,15,19,21H,2-4,9-14H2,1H3,(H,20,22);1H. The molecule has 1 aliphatic rings. The van der Waals surface area contributed by atoms with E-state index < -0.39 is 10.0 Å². The Balaban J connectivity index is 0.00000338. The molecule has 0 atom stereocenters. The van der Waals surface area contributed by atoms with E-state index in [4.69, 9.17) is 0 Å². The van der Waals surface area contributed by atoms with Gasteiger partial charge in [0.05, 0.1) is 5.75 Å². The molecule has 0 bridgehead atoms. The summed E-state index contributed by atoms with van der Waals surface area (Å²) in [5.41, 5.74) is 1.20. The number of carbonyl (C=O) groups excluding carboxylic acids is 1. The minimum atomic E-state index is -3.30. The topological polar surface area (TPSA) is 87.3 Å². The van der Waals surface area contributed by atoms with Gasteiger partial charge in [0.1, 0.15) is 0 Å². The molecule has 2 rings (SSSR count). The highest BCUT2D eigenvalue weighted by atomic mass is 35.5. The number of hydrogen-bond acceptors (Lipinski definition) is 4. The quantitative estimate of drug-likeness (QED) is 0.589. The van der Waals surface area contributed by atoms with Crippen LogP contribution in [-0.2, 0) is 14.8 Å². The Kier molecular flexibility index (Phi) is 9.98. The van der Waals surface area contributed by atoms with Gasteiger partial charge >= 0.3 is 0 Å². The van der Waals surface area contributed by atoms with E-state index in [1.54, 1.807) is 24.3 Å². The lowest BCUT2D eigenvalue weighted by molar-refractivity contribution is -0.116. The van der Waals surface area contributed by atoms with Gasteiger partial charge in [-0.05, 0) is 69.0 Å². The number of anilines is 2. The van der Waals surface area contributed by atoms with Crippen molar-refractivity contribution in [3.05, 3.63) is 24.3 Å². The molecule has 1 aromatic carbocycles. The van der Waals surface area contributed by atoms with Gasteiger partial charge in [0.15, 0.2) is 0 Å². The second-order valence-corrected chi connectivity index (χ2v) is 8.47. The van der Waals surface area contributed by atoms with Crippen LogP contribution in [0.25, 0.3) is 0 Å². The van der Waals surface area contributed by atoms with Gasteiger partial charge in [-0.1, -0.05) is 13.3 Å². The Morgan fingerprint density at radius 2 is 1.77 bits per heavy atom. The van der Waals surface area contributed by atoms with Crippen LogP contribution in [0.1, 0.15) is 45.4 Å². The molecule has 1 saturated heterocycles. The van der Waals surface area contributed by atoms with Gasteiger partial charge in [-0.25, -0.2) is 8.42 Å². The number of piperidine rings is 1. The molecule has 6 nitrogen and oxygen atoms in total. The third-order valence-corrected chi connectivity index (χ3v) is 5.82. The summed E-state index contributed by atoms with van der Waals surface area (Å²) >= 11 is 0. The zero-order valence-corrected chi connectivity index (χ0v) is 16.9. The maximum atomic E-state index is 12.0. The van der Waals surface area contributed by atoms with Gasteiger partial charge in [-0.15, -0.1) is 12.4 Å². The average Bonchev–Trinajstić information content (AvgIpc) is 2.61. The fraction of sp³-hybridized carbons (Fsp3) is 0.611. The van der Waals surface area contributed by atoms with Gasteiger partial charge in [0.25, 0.3) is 0 Å². The van der Waals surface area contributed by atoms with Crippen LogP contribution in [-0.4, -0.2) is 33.2 Å². The fourth-order valence-electron chi connectivity index (χ4n) is 2.92. The summed E-state index contributed by atoms with van der Waals surface area (Å²) in [5.74, 6) is 0.764. The Morgan fingerprint density at radius 1 is 1.15 bits per heavy atom. The lowest BCUT2D eigenvalue weighted by Gasteiger charge is -2.22. The van der Waals surface area contributed by atoms with Crippen LogP contribution in [0.15, 0.2) is 24.3 Å². The van der Waals surface area contributed by atoms with E-state index in [0.29, 0.717) is 30.1 Å². The molecule has 3 N–H and O–H groups in total. The molecule has 0 aliphatic carbocycles. The smallest absolute Gasteiger partial charge is 0.232 e. The predicted octanol–water partition coefficient (Wildman–Crippen LogP) is 3.37. The van der Waals surface area contributed by atoms with Crippen molar-refractivity contribution in [2.75, 3.05) is 28.9 Å². The molecule has 0 unspecified atom stereocenters. The van der Waals surface area contributed by atoms with E-state index in [0.717, 1.165) is 38.8 Å². The molecule has 0 radical (unpaired) electrons. The summed E-state index contributed by atoms with van der Waals surface area (Å²) < 4.78 is 26.3. The van der Waals surface area contributed by atoms with E-state index in [1.165, 1.54) is 0 Å². The first-order chi connectivity index (χ1) is 12.0. The zero-order chi connectivity index (χ0) is 18.1. The van der Waals surface area contributed by atoms with Crippen molar-refractivity contribution in [2.24, 2.45) is 5.92 Å². The van der Waals surface area contributed by atoms with Crippen LogP contribution in [0.3, 0.4) is 0 Å². The monoisotopic (exact) mass is 403 g/mol. The second kappa shape index (κ2) is 11.4. The fourth-order valence-corrected chi connectivity index (χ4v) is 4.18. The zero-order valence-electron chi connectivity index (χ0n) is 15.3. The number of carbonyl (C=O) groups is 1. The van der Waals surface area contributed by atoms with Gasteiger partial charge in [0, 0.05) is 17.8 Å². The number of sulfonamides is 1. The third-order valence-electron chi connectivity index (χ3n) is 4.45. The first-order valence-electron chi connectivity index (χ1n) is 9.09. The van der Waals surface area contributed by atoms with Crippen LogP contribution in [0.5, 0.6) is 0 Å². The number of hydrogen-bond donors (Lipinski definition) is 3. The average molecular weight is 404 g/mol. The van der Waals surface area contributed by atoms with Gasteiger partial charge < -0.3 is 10.6 Å². The minimum absolute atomic E-state index is 0. The molecule has 0 aromatic heterocycles. The van der Waals surface area contributed by atoms with Gasteiger partial charge in [-0.2, -0.15) is 0 Å². The Hall–Kier alpha value is -1.31. The lowest BCUT2D eigenvalue weighted by Crippen LogP contribution is -2.28. The molecule has 1 amide bonds. The normalized spacial score (nSPS) is 15.1. The molecule has 1 fully saturated rings. The van der Waals surface area contributed by atoms with E-state index in [-0.39, 0.29) is 24.1 Å². The first-order valence-corrected chi connectivity index (χ1v) is 10.7. The van der Waals surface area contributed by atoms with E-state index in [2.05, 4.69) is 15.4 Å². The molecule has 0 spiro atoms. The summed E-state index contributed by atoms with van der Waals surface area (Å²) in [6.45, 7) is 4.04. The van der Waals surface area contributed by atoms with Crippen molar-refractivity contribution in [2.45, 2.75) is 45.4 Å². The number of rotatable bonds is 9. The second-order valence-electron chi connectivity index (χ2n) is 6.63. The van der Waals surface area contributed by atoms with Crippen molar-refractivity contribution >= 4 is 39.7 Å². The van der Waals surface area contributed by atoms with Crippen molar-refractivity contribution < 1.29 is 13.2 Å². The summed E-state index contributed by atoms with van der Waals surface area (Å²) in [6.07, 6.45) is 5.20. The van der Waals surface area contributed by atoms with Crippen LogP contribution >= 0.6 is 12.4 Å². The predicted molar refractivity (Wildman–Crippen MR) is 109 cm³/mol.